The van der Waals surface area contributed by atoms with E-state index in [1.165, 1.54) is 77.2 Å². The minimum atomic E-state index is 1.44. The molecule has 0 aromatic heterocycles. The fraction of sp³-hybridized carbons (Fsp3) is 0.417. The van der Waals surface area contributed by atoms with E-state index in [0.717, 1.165) is 0 Å². The normalized spacial score (nSPS) is 11.8. The third-order valence-corrected chi connectivity index (χ3v) is 6.88. The molecule has 0 spiro atoms. The summed E-state index contributed by atoms with van der Waals surface area (Å²) in [6.07, 6.45) is 0. The second-order valence-corrected chi connectivity index (χ2v) is 7.75. The predicted octanol–water partition coefficient (Wildman–Crippen LogP) is 7.08. The maximum atomic E-state index is 2.33. The Bertz CT molecular complexity index is 865. The zero-order valence-electron chi connectivity index (χ0n) is 17.0. The molecule has 0 saturated heterocycles. The van der Waals surface area contributed by atoms with E-state index in [-0.39, 0.29) is 0 Å². The van der Waals surface area contributed by atoms with E-state index < -0.39 is 0 Å². The Morgan fingerprint density at radius 1 is 0.208 bits per heavy atom. The molecule has 0 unspecified atom stereocenters. The van der Waals surface area contributed by atoms with Gasteiger partial charge < -0.3 is 0 Å². The van der Waals surface area contributed by atoms with E-state index in [0.29, 0.717) is 0 Å². The summed E-state index contributed by atoms with van der Waals surface area (Å²) < 4.78 is 0. The van der Waals surface area contributed by atoms with Crippen LogP contribution in [0.25, 0.3) is 21.5 Å². The van der Waals surface area contributed by atoms with Crippen LogP contribution in [0.15, 0.2) is 0 Å². The van der Waals surface area contributed by atoms with Crippen LogP contribution in [0.5, 0.6) is 0 Å². The van der Waals surface area contributed by atoms with E-state index in [1.807, 2.05) is 0 Å². The van der Waals surface area contributed by atoms with E-state index >= 15 is 0 Å². The van der Waals surface area contributed by atoms with E-state index in [4.69, 9.17) is 0 Å². The van der Waals surface area contributed by atoms with Gasteiger partial charge in [-0.15, -0.1) is 0 Å². The zero-order chi connectivity index (χ0) is 18.1. The maximum absolute atomic E-state index is 2.33. The van der Waals surface area contributed by atoms with Crippen molar-refractivity contribution < 1.29 is 0 Å². The van der Waals surface area contributed by atoms with Gasteiger partial charge in [0.2, 0.25) is 0 Å². The Morgan fingerprint density at radius 3 is 0.542 bits per heavy atom. The quantitative estimate of drug-likeness (QED) is 0.389. The van der Waals surface area contributed by atoms with Crippen LogP contribution in [0.4, 0.5) is 0 Å². The summed E-state index contributed by atoms with van der Waals surface area (Å²) in [5.74, 6) is 0. The highest BCUT2D eigenvalue weighted by atomic mass is 14.2. The van der Waals surface area contributed by atoms with Gasteiger partial charge >= 0.3 is 0 Å². The van der Waals surface area contributed by atoms with Crippen molar-refractivity contribution in [3.8, 4) is 0 Å². The van der Waals surface area contributed by atoms with Crippen LogP contribution in [0.1, 0.15) is 55.6 Å². The first-order valence-electron chi connectivity index (χ1n) is 9.00. The van der Waals surface area contributed by atoms with Crippen LogP contribution < -0.4 is 0 Å². The summed E-state index contributed by atoms with van der Waals surface area (Å²) in [5.41, 5.74) is 14.5. The van der Waals surface area contributed by atoms with Crippen molar-refractivity contribution in [3.63, 3.8) is 0 Å². The highest BCUT2D eigenvalue weighted by molar-refractivity contribution is 6.11. The van der Waals surface area contributed by atoms with Crippen molar-refractivity contribution in [2.24, 2.45) is 0 Å². The van der Waals surface area contributed by atoms with Crippen molar-refractivity contribution in [2.45, 2.75) is 69.2 Å². The van der Waals surface area contributed by atoms with Gasteiger partial charge in [-0.3, -0.25) is 0 Å². The SMILES string of the molecule is Cc1c(C)c(C)c2c(C)c3c(C)c(C)c(C)c(C)c3c(C)c2c1C. The third kappa shape index (κ3) is 1.92. The lowest BCUT2D eigenvalue weighted by atomic mass is 9.80. The maximum Gasteiger partial charge on any atom is -0.0111 e. The molecule has 0 amide bonds. The van der Waals surface area contributed by atoms with Crippen molar-refractivity contribution in [1.82, 2.24) is 0 Å². The van der Waals surface area contributed by atoms with Gasteiger partial charge in [0.05, 0.1) is 0 Å². The molecular weight excluding hydrogens is 288 g/mol. The van der Waals surface area contributed by atoms with Crippen LogP contribution in [0.3, 0.4) is 0 Å². The Labute approximate surface area is 146 Å². The lowest BCUT2D eigenvalue weighted by Gasteiger charge is -2.24. The predicted molar refractivity (Wildman–Crippen MR) is 109 cm³/mol. The first kappa shape index (κ1) is 17.0. The van der Waals surface area contributed by atoms with Crippen molar-refractivity contribution >= 4 is 21.5 Å². The van der Waals surface area contributed by atoms with Gasteiger partial charge in [0.25, 0.3) is 0 Å². The summed E-state index contributed by atoms with van der Waals surface area (Å²) in [6.45, 7) is 22.9. The average Bonchev–Trinajstić information content (AvgIpc) is 2.55. The molecule has 3 rings (SSSR count). The number of hydrogen-bond donors (Lipinski definition) is 0. The first-order valence-corrected chi connectivity index (χ1v) is 9.00. The lowest BCUT2D eigenvalue weighted by Crippen LogP contribution is -2.03. The largest absolute Gasteiger partial charge is 0.0444 e. The van der Waals surface area contributed by atoms with E-state index in [1.54, 1.807) is 0 Å². The number of aryl methyl sites for hydroxylation is 6. The lowest BCUT2D eigenvalue weighted by molar-refractivity contribution is 1.22. The molecule has 0 fully saturated rings. The van der Waals surface area contributed by atoms with Gasteiger partial charge in [-0.2, -0.15) is 0 Å². The Balaban J connectivity index is 2.82. The molecule has 0 N–H and O–H groups in total. The van der Waals surface area contributed by atoms with Gasteiger partial charge in [0.15, 0.2) is 0 Å². The smallest absolute Gasteiger partial charge is 0.0111 e. The molecule has 0 aliphatic carbocycles. The fourth-order valence-electron chi connectivity index (χ4n) is 4.75. The monoisotopic (exact) mass is 318 g/mol. The molecule has 126 valence electrons. The zero-order valence-corrected chi connectivity index (χ0v) is 17.0. The van der Waals surface area contributed by atoms with Crippen molar-refractivity contribution in [1.29, 1.82) is 0 Å². The Hall–Kier alpha value is -1.82. The highest BCUT2D eigenvalue weighted by Gasteiger charge is 2.20. The second-order valence-electron chi connectivity index (χ2n) is 7.75. The molecule has 0 heteroatoms. The summed E-state index contributed by atoms with van der Waals surface area (Å²) in [7, 11) is 0. The molecule has 0 aliphatic heterocycles. The standard InChI is InChI=1S/C24H30/c1-11-12(2)16(6)22-20(10)24-18(8)14(4)13(3)17(7)23(24)19(9)21(22)15(11)5/h1-10H3. The molecular formula is C24H30. The average molecular weight is 319 g/mol. The van der Waals surface area contributed by atoms with E-state index in [2.05, 4.69) is 69.2 Å². The van der Waals surface area contributed by atoms with Crippen LogP contribution in [-0.4, -0.2) is 0 Å². The van der Waals surface area contributed by atoms with Crippen LogP contribution in [0.2, 0.25) is 0 Å². The van der Waals surface area contributed by atoms with Crippen molar-refractivity contribution in [3.05, 3.63) is 55.6 Å². The summed E-state index contributed by atoms with van der Waals surface area (Å²) in [4.78, 5) is 0. The highest BCUT2D eigenvalue weighted by Crippen LogP contribution is 2.42. The molecule has 0 heterocycles. The number of hydrogen-bond acceptors (Lipinski definition) is 0. The topological polar surface area (TPSA) is 0 Å². The number of rotatable bonds is 0. The van der Waals surface area contributed by atoms with Crippen LogP contribution >= 0.6 is 0 Å². The van der Waals surface area contributed by atoms with Crippen LogP contribution in [0, 0.1) is 69.2 Å². The Morgan fingerprint density at radius 2 is 0.375 bits per heavy atom. The molecule has 0 nitrogen and oxygen atoms in total. The molecule has 0 atom stereocenters. The minimum Gasteiger partial charge on any atom is -0.0444 e. The summed E-state index contributed by atoms with van der Waals surface area (Å²) in [6, 6.07) is 0. The molecule has 0 bridgehead atoms. The van der Waals surface area contributed by atoms with Crippen molar-refractivity contribution in [2.75, 3.05) is 0 Å². The minimum absolute atomic E-state index is 1.44. The van der Waals surface area contributed by atoms with Crippen LogP contribution in [-0.2, 0) is 0 Å². The summed E-state index contributed by atoms with van der Waals surface area (Å²) in [5, 5.41) is 5.91. The number of benzene rings is 3. The second kappa shape index (κ2) is 5.34. The van der Waals surface area contributed by atoms with Gasteiger partial charge in [-0.1, -0.05) is 0 Å². The van der Waals surface area contributed by atoms with E-state index in [9.17, 15) is 0 Å². The van der Waals surface area contributed by atoms with Gasteiger partial charge in [0, 0.05) is 0 Å². The van der Waals surface area contributed by atoms with Gasteiger partial charge in [0.1, 0.15) is 0 Å². The Kier molecular flexibility index (Phi) is 3.79. The molecule has 3 aromatic carbocycles. The number of fused-ring (bicyclic) bond motifs is 2. The van der Waals surface area contributed by atoms with Gasteiger partial charge in [-0.25, -0.2) is 0 Å². The fourth-order valence-corrected chi connectivity index (χ4v) is 4.75. The molecule has 0 radical (unpaired) electrons. The molecule has 0 aliphatic rings. The molecule has 24 heavy (non-hydrogen) atoms. The molecule has 3 aromatic rings. The third-order valence-electron chi connectivity index (χ3n) is 6.88. The molecule has 0 saturated carbocycles. The summed E-state index contributed by atoms with van der Waals surface area (Å²) >= 11 is 0. The van der Waals surface area contributed by atoms with Gasteiger partial charge in [-0.05, 0) is 146 Å². The first-order chi connectivity index (χ1) is 11.1.